The molecule has 11 heteroatoms. The maximum Gasteiger partial charge on any atom is 0.416 e. The highest BCUT2D eigenvalue weighted by Crippen LogP contribution is 2.46. The van der Waals surface area contributed by atoms with Crippen LogP contribution in [-0.4, -0.2) is 42.8 Å². The Morgan fingerprint density at radius 1 is 1.24 bits per heavy atom. The zero-order valence-corrected chi connectivity index (χ0v) is 18.0. The largest absolute Gasteiger partial charge is 0.488 e. The summed E-state index contributed by atoms with van der Waals surface area (Å²) in [5.41, 5.74) is 8.29. The number of aryl methyl sites for hydroxylation is 1. The number of rotatable bonds is 1. The average molecular weight is 468 g/mol. The Labute approximate surface area is 191 Å². The summed E-state index contributed by atoms with van der Waals surface area (Å²) in [4.78, 5) is 28.1. The SMILES string of the molecule is Cc1ncn2c1c(N)nc1cnc(C(=O)N3CCC[C@@H]4Oc5ccc(C(F)(F)F)cc5[C@@H]43)cc12. The van der Waals surface area contributed by atoms with Gasteiger partial charge in [-0.05, 0) is 44.0 Å². The maximum atomic E-state index is 13.6. The molecule has 4 aromatic rings. The van der Waals surface area contributed by atoms with Gasteiger partial charge in [0.1, 0.15) is 34.9 Å². The van der Waals surface area contributed by atoms with Crippen molar-refractivity contribution >= 4 is 28.3 Å². The fraction of sp³-hybridized carbons (Fsp3) is 0.304. The molecule has 5 heterocycles. The number of hydrogen-bond acceptors (Lipinski definition) is 6. The number of benzene rings is 1. The Bertz CT molecular complexity index is 1480. The molecule has 1 fully saturated rings. The standard InChI is InChI=1S/C23H19F3N6O2/c1-11-19-21(27)30-15-9-28-14(8-16(15)32(19)10-29-11)22(33)31-6-2-3-18-20(31)13-7-12(23(24,25)26)4-5-17(13)34-18/h4-5,7-10,18,20H,2-3,6H2,1H3,(H2,27,30)/t18-,20-/m0/s1. The topological polar surface area (TPSA) is 98.6 Å². The van der Waals surface area contributed by atoms with Crippen LogP contribution < -0.4 is 10.5 Å². The van der Waals surface area contributed by atoms with E-state index in [1.165, 1.54) is 12.3 Å². The third-order valence-electron chi connectivity index (χ3n) is 6.54. The van der Waals surface area contributed by atoms with Gasteiger partial charge in [0.05, 0.1) is 29.0 Å². The van der Waals surface area contributed by atoms with Gasteiger partial charge < -0.3 is 15.4 Å². The summed E-state index contributed by atoms with van der Waals surface area (Å²) < 4.78 is 47.7. The molecule has 1 aromatic carbocycles. The summed E-state index contributed by atoms with van der Waals surface area (Å²) in [6.07, 6.45) is -0.496. The van der Waals surface area contributed by atoms with Crippen LogP contribution in [0.4, 0.5) is 19.0 Å². The van der Waals surface area contributed by atoms with Crippen LogP contribution in [0.3, 0.4) is 0 Å². The predicted octanol–water partition coefficient (Wildman–Crippen LogP) is 3.93. The Balaban J connectivity index is 1.43. The van der Waals surface area contributed by atoms with Crippen molar-refractivity contribution in [3.63, 3.8) is 0 Å². The molecule has 3 aromatic heterocycles. The number of carbonyl (C=O) groups excluding carboxylic acids is 1. The second-order valence-electron chi connectivity index (χ2n) is 8.60. The Hall–Kier alpha value is -3.89. The molecule has 2 N–H and O–H groups in total. The number of nitrogen functional groups attached to an aromatic ring is 1. The van der Waals surface area contributed by atoms with Crippen molar-refractivity contribution in [2.24, 2.45) is 0 Å². The van der Waals surface area contributed by atoms with Gasteiger partial charge >= 0.3 is 6.18 Å². The molecule has 2 aliphatic rings. The smallest absolute Gasteiger partial charge is 0.416 e. The van der Waals surface area contributed by atoms with Gasteiger partial charge in [0.2, 0.25) is 0 Å². The van der Waals surface area contributed by atoms with Gasteiger partial charge in [-0.15, -0.1) is 0 Å². The molecular weight excluding hydrogens is 449 g/mol. The van der Waals surface area contributed by atoms with E-state index in [1.807, 2.05) is 6.92 Å². The molecule has 2 aliphatic heterocycles. The number of nitrogens with zero attached hydrogens (tertiary/aromatic N) is 5. The highest BCUT2D eigenvalue weighted by atomic mass is 19.4. The Morgan fingerprint density at radius 3 is 2.85 bits per heavy atom. The third-order valence-corrected chi connectivity index (χ3v) is 6.54. The molecule has 0 radical (unpaired) electrons. The Kier molecular flexibility index (Phi) is 4.29. The second kappa shape index (κ2) is 7.05. The van der Waals surface area contributed by atoms with Gasteiger partial charge in [-0.25, -0.2) is 15.0 Å². The number of imidazole rings is 1. The predicted molar refractivity (Wildman–Crippen MR) is 116 cm³/mol. The molecular formula is C23H19F3N6O2. The van der Waals surface area contributed by atoms with E-state index in [9.17, 15) is 18.0 Å². The van der Waals surface area contributed by atoms with Crippen LogP contribution in [0, 0.1) is 6.92 Å². The highest BCUT2D eigenvalue weighted by Gasteiger charge is 2.45. The van der Waals surface area contributed by atoms with E-state index in [2.05, 4.69) is 15.0 Å². The minimum atomic E-state index is -4.49. The van der Waals surface area contributed by atoms with Gasteiger partial charge in [0.25, 0.3) is 5.91 Å². The molecule has 1 amide bonds. The van der Waals surface area contributed by atoms with Crippen molar-refractivity contribution in [3.05, 3.63) is 59.3 Å². The second-order valence-corrected chi connectivity index (χ2v) is 8.60. The molecule has 8 nitrogen and oxygen atoms in total. The van der Waals surface area contributed by atoms with Crippen LogP contribution in [-0.2, 0) is 6.18 Å². The van der Waals surface area contributed by atoms with Crippen molar-refractivity contribution in [3.8, 4) is 5.75 Å². The molecule has 0 saturated carbocycles. The van der Waals surface area contributed by atoms with Gasteiger partial charge in [-0.3, -0.25) is 9.20 Å². The highest BCUT2D eigenvalue weighted by molar-refractivity contribution is 5.96. The summed E-state index contributed by atoms with van der Waals surface area (Å²) in [6, 6.07) is 4.43. The first-order valence-electron chi connectivity index (χ1n) is 10.8. The summed E-state index contributed by atoms with van der Waals surface area (Å²) >= 11 is 0. The molecule has 2 atom stereocenters. The average Bonchev–Trinajstić information content (AvgIpc) is 3.38. The normalized spacial score (nSPS) is 19.8. The van der Waals surface area contributed by atoms with Crippen molar-refractivity contribution in [2.45, 2.75) is 38.1 Å². The van der Waals surface area contributed by atoms with Gasteiger partial charge in [-0.1, -0.05) is 0 Å². The zero-order chi connectivity index (χ0) is 23.8. The van der Waals surface area contributed by atoms with E-state index in [1.54, 1.807) is 21.7 Å². The molecule has 0 unspecified atom stereocenters. The number of hydrogen-bond donors (Lipinski definition) is 1. The maximum absolute atomic E-state index is 13.6. The number of carbonyl (C=O) groups is 1. The minimum absolute atomic E-state index is 0.160. The van der Waals surface area contributed by atoms with E-state index in [-0.39, 0.29) is 11.6 Å². The van der Waals surface area contributed by atoms with Gasteiger partial charge in [0.15, 0.2) is 5.82 Å². The number of aromatic nitrogens is 4. The first-order chi connectivity index (χ1) is 16.2. The lowest BCUT2D eigenvalue weighted by Crippen LogP contribution is -2.44. The number of likely N-dealkylation sites (tertiary alicyclic amines) is 1. The molecule has 6 rings (SSSR count). The van der Waals surface area contributed by atoms with E-state index in [0.717, 1.165) is 12.1 Å². The number of piperidine rings is 1. The fourth-order valence-corrected chi connectivity index (χ4v) is 5.00. The Morgan fingerprint density at radius 2 is 2.06 bits per heavy atom. The number of nitrogens with two attached hydrogens (primary N) is 1. The first kappa shape index (κ1) is 20.7. The van der Waals surface area contributed by atoms with E-state index < -0.39 is 23.9 Å². The summed E-state index contributed by atoms with van der Waals surface area (Å²) in [5.74, 6) is 0.305. The van der Waals surface area contributed by atoms with E-state index in [0.29, 0.717) is 58.8 Å². The monoisotopic (exact) mass is 468 g/mol. The molecule has 0 bridgehead atoms. The number of anilines is 1. The number of ether oxygens (including phenoxy) is 1. The third kappa shape index (κ3) is 2.99. The molecule has 174 valence electrons. The van der Waals surface area contributed by atoms with Gasteiger partial charge in [0, 0.05) is 12.1 Å². The number of amides is 1. The number of halogens is 3. The lowest BCUT2D eigenvalue weighted by molar-refractivity contribution is -0.137. The number of fused-ring (bicyclic) bond motifs is 6. The zero-order valence-electron chi connectivity index (χ0n) is 18.0. The number of pyridine rings is 1. The summed E-state index contributed by atoms with van der Waals surface area (Å²) in [7, 11) is 0. The lowest BCUT2D eigenvalue weighted by Gasteiger charge is -2.36. The molecule has 1 saturated heterocycles. The summed E-state index contributed by atoms with van der Waals surface area (Å²) in [6.45, 7) is 2.20. The van der Waals surface area contributed by atoms with Crippen LogP contribution in [0.1, 0.15) is 46.2 Å². The van der Waals surface area contributed by atoms with Crippen molar-refractivity contribution in [2.75, 3.05) is 12.3 Å². The molecule has 0 aliphatic carbocycles. The van der Waals surface area contributed by atoms with Crippen molar-refractivity contribution < 1.29 is 22.7 Å². The molecule has 0 spiro atoms. The van der Waals surface area contributed by atoms with Crippen LogP contribution in [0.25, 0.3) is 16.6 Å². The van der Waals surface area contributed by atoms with Crippen molar-refractivity contribution in [1.29, 1.82) is 0 Å². The lowest BCUT2D eigenvalue weighted by atomic mass is 9.93. The van der Waals surface area contributed by atoms with Crippen LogP contribution in [0.15, 0.2) is 36.8 Å². The van der Waals surface area contributed by atoms with Crippen LogP contribution >= 0.6 is 0 Å². The summed E-state index contributed by atoms with van der Waals surface area (Å²) in [5, 5.41) is 0. The van der Waals surface area contributed by atoms with Crippen LogP contribution in [0.5, 0.6) is 5.75 Å². The van der Waals surface area contributed by atoms with Crippen molar-refractivity contribution in [1.82, 2.24) is 24.3 Å². The van der Waals surface area contributed by atoms with E-state index >= 15 is 0 Å². The quantitative estimate of drug-likeness (QED) is 0.455. The number of alkyl halides is 3. The molecule has 34 heavy (non-hydrogen) atoms. The first-order valence-corrected chi connectivity index (χ1v) is 10.8. The minimum Gasteiger partial charge on any atom is -0.488 e. The fourth-order valence-electron chi connectivity index (χ4n) is 5.00. The van der Waals surface area contributed by atoms with Crippen LogP contribution in [0.2, 0.25) is 0 Å². The van der Waals surface area contributed by atoms with Gasteiger partial charge in [-0.2, -0.15) is 13.2 Å². The van der Waals surface area contributed by atoms with E-state index in [4.69, 9.17) is 10.5 Å².